The molecule has 1 fully saturated rings. The average molecular weight is 536 g/mol. The number of nitrogens with two attached hydrogens (primary N) is 1. The van der Waals surface area contributed by atoms with Crippen molar-refractivity contribution in [2.24, 2.45) is 5.73 Å². The van der Waals surface area contributed by atoms with Crippen molar-refractivity contribution >= 4 is 27.3 Å². The van der Waals surface area contributed by atoms with E-state index in [0.717, 1.165) is 45.3 Å². The SMILES string of the molecule is CS(=O)(=O)Nc1cccc(NC(=O)CN2CCN(C[C@@H](N)Cc3ccccc3)C(Cc3ccccc3)C2)c1. The highest BCUT2D eigenvalue weighted by molar-refractivity contribution is 7.92. The van der Waals surface area contributed by atoms with Gasteiger partial charge in [0.25, 0.3) is 0 Å². The third kappa shape index (κ3) is 8.95. The largest absolute Gasteiger partial charge is 0.326 e. The summed E-state index contributed by atoms with van der Waals surface area (Å²) in [5.41, 5.74) is 10.0. The number of hydrogen-bond acceptors (Lipinski definition) is 6. The minimum Gasteiger partial charge on any atom is -0.326 e. The lowest BCUT2D eigenvalue weighted by atomic mass is 10.00. The van der Waals surface area contributed by atoms with Gasteiger partial charge in [-0.2, -0.15) is 0 Å². The molecular formula is C29H37N5O3S. The number of carbonyl (C=O) groups is 1. The molecule has 3 aromatic carbocycles. The van der Waals surface area contributed by atoms with Gasteiger partial charge >= 0.3 is 0 Å². The molecule has 0 aliphatic carbocycles. The summed E-state index contributed by atoms with van der Waals surface area (Å²) in [7, 11) is -3.39. The molecule has 8 nitrogen and oxygen atoms in total. The Morgan fingerprint density at radius 1 is 0.947 bits per heavy atom. The van der Waals surface area contributed by atoms with E-state index in [9.17, 15) is 13.2 Å². The second kappa shape index (κ2) is 13.0. The summed E-state index contributed by atoms with van der Waals surface area (Å²) in [6.07, 6.45) is 2.81. The normalized spacial score (nSPS) is 17.6. The first-order valence-corrected chi connectivity index (χ1v) is 14.8. The summed E-state index contributed by atoms with van der Waals surface area (Å²) in [5.74, 6) is -0.130. The molecule has 1 amide bonds. The van der Waals surface area contributed by atoms with Crippen molar-refractivity contribution in [3.63, 3.8) is 0 Å². The van der Waals surface area contributed by atoms with Gasteiger partial charge in [0, 0.05) is 44.0 Å². The lowest BCUT2D eigenvalue weighted by Crippen LogP contribution is -2.57. The van der Waals surface area contributed by atoms with Crippen molar-refractivity contribution in [2.45, 2.75) is 24.9 Å². The highest BCUT2D eigenvalue weighted by Gasteiger charge is 2.29. The van der Waals surface area contributed by atoms with Crippen LogP contribution in [0.3, 0.4) is 0 Å². The van der Waals surface area contributed by atoms with Gasteiger partial charge in [0.2, 0.25) is 15.9 Å². The minimum atomic E-state index is -3.39. The molecule has 38 heavy (non-hydrogen) atoms. The van der Waals surface area contributed by atoms with Crippen LogP contribution in [0.5, 0.6) is 0 Å². The highest BCUT2D eigenvalue weighted by atomic mass is 32.2. The molecule has 1 heterocycles. The van der Waals surface area contributed by atoms with Crippen molar-refractivity contribution in [3.05, 3.63) is 96.1 Å². The van der Waals surface area contributed by atoms with Crippen LogP contribution in [0.15, 0.2) is 84.9 Å². The van der Waals surface area contributed by atoms with Gasteiger partial charge < -0.3 is 11.1 Å². The molecule has 1 saturated heterocycles. The number of nitrogens with zero attached hydrogens (tertiary/aromatic N) is 2. The van der Waals surface area contributed by atoms with Gasteiger partial charge in [-0.05, 0) is 42.2 Å². The fraction of sp³-hybridized carbons (Fsp3) is 0.345. The zero-order valence-corrected chi connectivity index (χ0v) is 22.6. The lowest BCUT2D eigenvalue weighted by molar-refractivity contribution is -0.118. The van der Waals surface area contributed by atoms with Crippen molar-refractivity contribution in [1.82, 2.24) is 9.80 Å². The molecule has 3 aromatic rings. The standard InChI is InChI=1S/C29H37N5O3S/c1-38(36,37)32-27-14-8-13-26(19-27)31-29(35)22-33-15-16-34(20-25(30)17-23-9-4-2-5-10-23)28(21-33)18-24-11-6-3-7-12-24/h2-14,19,25,28,32H,15-18,20-22,30H2,1H3,(H,31,35)/t25-,28?/m0/s1. The Hall–Kier alpha value is -3.24. The molecule has 1 aliphatic rings. The Bertz CT molecular complexity index is 1290. The summed E-state index contributed by atoms with van der Waals surface area (Å²) in [6.45, 7) is 3.43. The quantitative estimate of drug-likeness (QED) is 0.349. The maximum atomic E-state index is 12.9. The summed E-state index contributed by atoms with van der Waals surface area (Å²) < 4.78 is 25.5. The average Bonchev–Trinajstić information content (AvgIpc) is 2.86. The molecule has 0 saturated carbocycles. The zero-order valence-electron chi connectivity index (χ0n) is 21.8. The van der Waals surface area contributed by atoms with Crippen LogP contribution < -0.4 is 15.8 Å². The van der Waals surface area contributed by atoms with Gasteiger partial charge in [0.15, 0.2) is 0 Å². The third-order valence-electron chi connectivity index (χ3n) is 6.63. The highest BCUT2D eigenvalue weighted by Crippen LogP contribution is 2.18. The van der Waals surface area contributed by atoms with E-state index < -0.39 is 10.0 Å². The van der Waals surface area contributed by atoms with Crippen LogP contribution in [0.4, 0.5) is 11.4 Å². The van der Waals surface area contributed by atoms with Gasteiger partial charge in [-0.1, -0.05) is 66.7 Å². The van der Waals surface area contributed by atoms with E-state index >= 15 is 0 Å². The van der Waals surface area contributed by atoms with Gasteiger partial charge in [-0.15, -0.1) is 0 Å². The first-order chi connectivity index (χ1) is 18.2. The molecule has 0 bridgehead atoms. The molecule has 0 aromatic heterocycles. The Morgan fingerprint density at radius 3 is 2.29 bits per heavy atom. The van der Waals surface area contributed by atoms with Crippen LogP contribution in [0.25, 0.3) is 0 Å². The fourth-order valence-electron chi connectivity index (χ4n) is 4.98. The van der Waals surface area contributed by atoms with Crippen LogP contribution in [0, 0.1) is 0 Å². The van der Waals surface area contributed by atoms with Gasteiger partial charge in [-0.3, -0.25) is 19.3 Å². The Labute approximate surface area is 225 Å². The Kier molecular flexibility index (Phi) is 9.52. The van der Waals surface area contributed by atoms with Crippen LogP contribution in [0.1, 0.15) is 11.1 Å². The van der Waals surface area contributed by atoms with Gasteiger partial charge in [-0.25, -0.2) is 8.42 Å². The second-order valence-corrected chi connectivity index (χ2v) is 11.8. The lowest BCUT2D eigenvalue weighted by Gasteiger charge is -2.42. The van der Waals surface area contributed by atoms with E-state index in [1.54, 1.807) is 24.3 Å². The number of sulfonamides is 1. The van der Waals surface area contributed by atoms with E-state index in [1.807, 2.05) is 24.3 Å². The first-order valence-electron chi connectivity index (χ1n) is 12.9. The van der Waals surface area contributed by atoms with E-state index in [-0.39, 0.29) is 24.5 Å². The molecule has 2 atom stereocenters. The minimum absolute atomic E-state index is 0.0262. The molecule has 4 rings (SSSR count). The van der Waals surface area contributed by atoms with Gasteiger partial charge in [0.05, 0.1) is 18.5 Å². The molecule has 0 radical (unpaired) electrons. The van der Waals surface area contributed by atoms with Crippen molar-refractivity contribution in [2.75, 3.05) is 49.0 Å². The monoisotopic (exact) mass is 535 g/mol. The molecular weight excluding hydrogens is 498 g/mol. The van der Waals surface area contributed by atoms with Crippen LogP contribution in [-0.2, 0) is 27.7 Å². The van der Waals surface area contributed by atoms with Gasteiger partial charge in [0.1, 0.15) is 0 Å². The predicted octanol–water partition coefficient (Wildman–Crippen LogP) is 2.80. The fourth-order valence-corrected chi connectivity index (χ4v) is 5.54. The Morgan fingerprint density at radius 2 is 1.61 bits per heavy atom. The number of amides is 1. The number of nitrogens with one attached hydrogen (secondary N) is 2. The van der Waals surface area contributed by atoms with E-state index in [2.05, 4.69) is 56.2 Å². The summed E-state index contributed by atoms with van der Waals surface area (Å²) in [6, 6.07) is 27.7. The van der Waals surface area contributed by atoms with Crippen LogP contribution in [0.2, 0.25) is 0 Å². The number of rotatable bonds is 11. The predicted molar refractivity (Wildman–Crippen MR) is 154 cm³/mol. The molecule has 4 N–H and O–H groups in total. The second-order valence-electron chi connectivity index (χ2n) is 10.0. The van der Waals surface area contributed by atoms with E-state index in [4.69, 9.17) is 5.73 Å². The number of piperazine rings is 1. The Balaban J connectivity index is 1.37. The summed E-state index contributed by atoms with van der Waals surface area (Å²) in [4.78, 5) is 17.5. The molecule has 1 aliphatic heterocycles. The number of anilines is 2. The summed E-state index contributed by atoms with van der Waals surface area (Å²) in [5, 5.41) is 2.90. The smallest absolute Gasteiger partial charge is 0.238 e. The van der Waals surface area contributed by atoms with E-state index in [1.165, 1.54) is 11.1 Å². The molecule has 1 unspecified atom stereocenters. The van der Waals surface area contributed by atoms with Crippen LogP contribution >= 0.6 is 0 Å². The zero-order chi connectivity index (χ0) is 27.0. The maximum absolute atomic E-state index is 12.9. The van der Waals surface area contributed by atoms with E-state index in [0.29, 0.717) is 11.4 Å². The molecule has 202 valence electrons. The maximum Gasteiger partial charge on any atom is 0.238 e. The number of carbonyl (C=O) groups excluding carboxylic acids is 1. The third-order valence-corrected chi connectivity index (χ3v) is 7.24. The first kappa shape index (κ1) is 27.8. The van der Waals surface area contributed by atoms with Crippen LogP contribution in [-0.4, -0.2) is 75.2 Å². The van der Waals surface area contributed by atoms with Crippen molar-refractivity contribution in [3.8, 4) is 0 Å². The molecule has 9 heteroatoms. The van der Waals surface area contributed by atoms with Crippen molar-refractivity contribution in [1.29, 1.82) is 0 Å². The molecule has 0 spiro atoms. The summed E-state index contributed by atoms with van der Waals surface area (Å²) >= 11 is 0. The topological polar surface area (TPSA) is 108 Å². The number of hydrogen-bond donors (Lipinski definition) is 3. The number of benzene rings is 3. The van der Waals surface area contributed by atoms with Crippen molar-refractivity contribution < 1.29 is 13.2 Å².